The van der Waals surface area contributed by atoms with E-state index in [-0.39, 0.29) is 11.3 Å². The molecule has 0 radical (unpaired) electrons. The minimum Gasteiger partial charge on any atom is -0.387 e. The van der Waals surface area contributed by atoms with E-state index in [1.165, 1.54) is 5.69 Å². The summed E-state index contributed by atoms with van der Waals surface area (Å²) in [7, 11) is 0. The van der Waals surface area contributed by atoms with Gasteiger partial charge in [-0.25, -0.2) is 4.98 Å². The molecule has 0 atom stereocenters. The SMILES string of the molecule is Cc1ncn(CCCC(C)(C)C(=N)N)c1C. The van der Waals surface area contributed by atoms with Gasteiger partial charge in [0.15, 0.2) is 0 Å². The van der Waals surface area contributed by atoms with E-state index in [0.717, 1.165) is 25.1 Å². The lowest BCUT2D eigenvalue weighted by Crippen LogP contribution is -2.30. The van der Waals surface area contributed by atoms with Crippen LogP contribution < -0.4 is 5.73 Å². The molecule has 90 valence electrons. The fourth-order valence-corrected chi connectivity index (χ4v) is 1.60. The number of aryl methyl sites for hydroxylation is 2. The maximum atomic E-state index is 7.49. The largest absolute Gasteiger partial charge is 0.387 e. The van der Waals surface area contributed by atoms with Crippen molar-refractivity contribution >= 4 is 5.84 Å². The van der Waals surface area contributed by atoms with Crippen LogP contribution in [0.5, 0.6) is 0 Å². The molecule has 0 unspecified atom stereocenters. The number of hydrogen-bond acceptors (Lipinski definition) is 2. The zero-order valence-corrected chi connectivity index (χ0v) is 10.7. The molecule has 0 saturated carbocycles. The average molecular weight is 222 g/mol. The molecule has 0 spiro atoms. The monoisotopic (exact) mass is 222 g/mol. The van der Waals surface area contributed by atoms with Crippen LogP contribution in [0.1, 0.15) is 38.1 Å². The van der Waals surface area contributed by atoms with Crippen LogP contribution in [0.3, 0.4) is 0 Å². The van der Waals surface area contributed by atoms with Crippen LogP contribution >= 0.6 is 0 Å². The van der Waals surface area contributed by atoms with Crippen molar-refractivity contribution < 1.29 is 0 Å². The molecule has 16 heavy (non-hydrogen) atoms. The van der Waals surface area contributed by atoms with Gasteiger partial charge in [-0.2, -0.15) is 0 Å². The molecular formula is C12H22N4. The molecule has 0 amide bonds. The van der Waals surface area contributed by atoms with Crippen LogP contribution in [0.25, 0.3) is 0 Å². The van der Waals surface area contributed by atoms with Crippen LogP contribution in [0.15, 0.2) is 6.33 Å². The van der Waals surface area contributed by atoms with Gasteiger partial charge in [0.2, 0.25) is 0 Å². The average Bonchev–Trinajstić information content (AvgIpc) is 2.49. The Labute approximate surface area is 97.4 Å². The highest BCUT2D eigenvalue weighted by atomic mass is 15.0. The number of nitrogens with two attached hydrogens (primary N) is 1. The van der Waals surface area contributed by atoms with Crippen molar-refractivity contribution in [2.24, 2.45) is 11.1 Å². The highest BCUT2D eigenvalue weighted by molar-refractivity contribution is 5.82. The van der Waals surface area contributed by atoms with E-state index >= 15 is 0 Å². The van der Waals surface area contributed by atoms with Crippen molar-refractivity contribution in [1.82, 2.24) is 9.55 Å². The summed E-state index contributed by atoms with van der Waals surface area (Å²) in [6.07, 6.45) is 3.83. The van der Waals surface area contributed by atoms with E-state index < -0.39 is 0 Å². The Kier molecular flexibility index (Phi) is 3.73. The Morgan fingerprint density at radius 2 is 2.12 bits per heavy atom. The zero-order chi connectivity index (χ0) is 12.3. The molecule has 0 aliphatic rings. The van der Waals surface area contributed by atoms with Crippen LogP contribution in [0.2, 0.25) is 0 Å². The van der Waals surface area contributed by atoms with Gasteiger partial charge in [0, 0.05) is 17.7 Å². The van der Waals surface area contributed by atoms with E-state index in [1.54, 1.807) is 0 Å². The van der Waals surface area contributed by atoms with Gasteiger partial charge >= 0.3 is 0 Å². The lowest BCUT2D eigenvalue weighted by Gasteiger charge is -2.22. The normalized spacial score (nSPS) is 11.8. The summed E-state index contributed by atoms with van der Waals surface area (Å²) in [5, 5.41) is 7.49. The van der Waals surface area contributed by atoms with Crippen LogP contribution in [-0.4, -0.2) is 15.4 Å². The lowest BCUT2D eigenvalue weighted by molar-refractivity contribution is 0.427. The van der Waals surface area contributed by atoms with Crippen LogP contribution in [-0.2, 0) is 6.54 Å². The molecule has 0 saturated heterocycles. The highest BCUT2D eigenvalue weighted by Gasteiger charge is 2.20. The standard InChI is InChI=1S/C12H22N4/c1-9-10(2)16(8-15-9)7-5-6-12(3,4)11(13)14/h8H,5-7H2,1-4H3,(H3,13,14). The number of rotatable bonds is 5. The Hall–Kier alpha value is -1.32. The van der Waals surface area contributed by atoms with Gasteiger partial charge in [0.1, 0.15) is 0 Å². The Morgan fingerprint density at radius 1 is 1.50 bits per heavy atom. The maximum absolute atomic E-state index is 7.49. The summed E-state index contributed by atoms with van der Waals surface area (Å²) in [4.78, 5) is 4.26. The first-order valence-electron chi connectivity index (χ1n) is 5.67. The minimum atomic E-state index is -0.191. The predicted octanol–water partition coefficient (Wildman–Crippen LogP) is 2.24. The number of nitrogens with zero attached hydrogens (tertiary/aromatic N) is 2. The summed E-state index contributed by atoms with van der Waals surface area (Å²) in [6, 6.07) is 0. The molecular weight excluding hydrogens is 200 g/mol. The van der Waals surface area contributed by atoms with Gasteiger partial charge in [-0.05, 0) is 26.7 Å². The molecule has 3 N–H and O–H groups in total. The van der Waals surface area contributed by atoms with Gasteiger partial charge in [-0.15, -0.1) is 0 Å². The second-order valence-electron chi connectivity index (χ2n) is 5.01. The van der Waals surface area contributed by atoms with E-state index in [1.807, 2.05) is 27.1 Å². The van der Waals surface area contributed by atoms with Gasteiger partial charge in [0.05, 0.1) is 17.9 Å². The number of imidazole rings is 1. The molecule has 1 aromatic heterocycles. The van der Waals surface area contributed by atoms with Crippen molar-refractivity contribution in [2.75, 3.05) is 0 Å². The van der Waals surface area contributed by atoms with E-state index in [0.29, 0.717) is 0 Å². The van der Waals surface area contributed by atoms with Gasteiger partial charge < -0.3 is 10.3 Å². The summed E-state index contributed by atoms with van der Waals surface area (Å²) < 4.78 is 2.16. The molecule has 0 bridgehead atoms. The Balaban J connectivity index is 2.48. The van der Waals surface area contributed by atoms with E-state index in [4.69, 9.17) is 11.1 Å². The first-order chi connectivity index (χ1) is 7.34. The molecule has 1 aromatic rings. The summed E-state index contributed by atoms with van der Waals surface area (Å²) in [5.74, 6) is 0.269. The number of amidine groups is 1. The van der Waals surface area contributed by atoms with Gasteiger partial charge in [-0.3, -0.25) is 5.41 Å². The topological polar surface area (TPSA) is 67.7 Å². The maximum Gasteiger partial charge on any atom is 0.0963 e. The molecule has 0 aromatic carbocycles. The fraction of sp³-hybridized carbons (Fsp3) is 0.667. The number of nitrogens with one attached hydrogen (secondary N) is 1. The third-order valence-electron chi connectivity index (χ3n) is 3.28. The van der Waals surface area contributed by atoms with E-state index in [2.05, 4.69) is 16.5 Å². The van der Waals surface area contributed by atoms with Crippen molar-refractivity contribution in [1.29, 1.82) is 5.41 Å². The van der Waals surface area contributed by atoms with Crippen LogP contribution in [0.4, 0.5) is 0 Å². The minimum absolute atomic E-state index is 0.191. The molecule has 0 aliphatic carbocycles. The zero-order valence-electron chi connectivity index (χ0n) is 10.7. The third-order valence-corrected chi connectivity index (χ3v) is 3.28. The van der Waals surface area contributed by atoms with Crippen molar-refractivity contribution in [3.63, 3.8) is 0 Å². The third kappa shape index (κ3) is 2.84. The number of hydrogen-bond donors (Lipinski definition) is 2. The van der Waals surface area contributed by atoms with Crippen molar-refractivity contribution in [3.05, 3.63) is 17.7 Å². The van der Waals surface area contributed by atoms with E-state index in [9.17, 15) is 0 Å². The number of aromatic nitrogens is 2. The van der Waals surface area contributed by atoms with Crippen molar-refractivity contribution in [2.45, 2.75) is 47.1 Å². The quantitative estimate of drug-likeness (QED) is 0.592. The Morgan fingerprint density at radius 3 is 2.56 bits per heavy atom. The predicted molar refractivity (Wildman–Crippen MR) is 66.6 cm³/mol. The lowest BCUT2D eigenvalue weighted by atomic mass is 9.86. The molecule has 1 rings (SSSR count). The van der Waals surface area contributed by atoms with Gasteiger partial charge in [0.25, 0.3) is 0 Å². The first-order valence-corrected chi connectivity index (χ1v) is 5.67. The molecule has 4 heteroatoms. The molecule has 1 heterocycles. The smallest absolute Gasteiger partial charge is 0.0963 e. The first kappa shape index (κ1) is 12.7. The summed E-state index contributed by atoms with van der Waals surface area (Å²) in [5.41, 5.74) is 7.67. The second-order valence-corrected chi connectivity index (χ2v) is 5.01. The summed E-state index contributed by atoms with van der Waals surface area (Å²) in [6.45, 7) is 9.08. The second kappa shape index (κ2) is 4.68. The molecule has 4 nitrogen and oxygen atoms in total. The van der Waals surface area contributed by atoms with Crippen LogP contribution in [0, 0.1) is 24.7 Å². The molecule has 0 fully saturated rings. The van der Waals surface area contributed by atoms with Crippen molar-refractivity contribution in [3.8, 4) is 0 Å². The Bertz CT molecular complexity index is 376. The molecule has 0 aliphatic heterocycles. The van der Waals surface area contributed by atoms with Gasteiger partial charge in [-0.1, -0.05) is 13.8 Å². The highest BCUT2D eigenvalue weighted by Crippen LogP contribution is 2.22. The summed E-state index contributed by atoms with van der Waals surface area (Å²) >= 11 is 0. The fourth-order valence-electron chi connectivity index (χ4n) is 1.60.